The zero-order chi connectivity index (χ0) is 14.5. The first-order chi connectivity index (χ1) is 8.89. The van der Waals surface area contributed by atoms with E-state index in [1.54, 1.807) is 24.3 Å². The standard InChI is InChI=1S/C12H16ClN3O2S/c1-15(9-5-8-14)19(17,18)16(2)10-11-6-3-4-7-12(11)13/h3-4,6-7H,5,9-10H2,1-2H3. The first kappa shape index (κ1) is 15.9. The maximum absolute atomic E-state index is 12.2. The summed E-state index contributed by atoms with van der Waals surface area (Å²) in [5.41, 5.74) is 0.740. The molecule has 0 aliphatic rings. The molecule has 0 saturated heterocycles. The van der Waals surface area contributed by atoms with Gasteiger partial charge in [-0.15, -0.1) is 0 Å². The predicted octanol–water partition coefficient (Wildman–Crippen LogP) is 1.86. The van der Waals surface area contributed by atoms with Crippen molar-refractivity contribution in [3.63, 3.8) is 0 Å². The van der Waals surface area contributed by atoms with Gasteiger partial charge >= 0.3 is 0 Å². The topological polar surface area (TPSA) is 64.4 Å². The number of rotatable bonds is 6. The van der Waals surface area contributed by atoms with Gasteiger partial charge < -0.3 is 0 Å². The summed E-state index contributed by atoms with van der Waals surface area (Å²) in [7, 11) is -0.627. The zero-order valence-corrected chi connectivity index (χ0v) is 12.4. The Bertz CT molecular complexity index is 569. The monoisotopic (exact) mass is 301 g/mol. The summed E-state index contributed by atoms with van der Waals surface area (Å²) in [4.78, 5) is 0. The van der Waals surface area contributed by atoms with Crippen molar-refractivity contribution in [2.24, 2.45) is 0 Å². The van der Waals surface area contributed by atoms with Gasteiger partial charge in [0.1, 0.15) is 0 Å². The molecular weight excluding hydrogens is 286 g/mol. The lowest BCUT2D eigenvalue weighted by atomic mass is 10.2. The number of nitriles is 1. The molecule has 0 bridgehead atoms. The minimum atomic E-state index is -3.57. The van der Waals surface area contributed by atoms with Crippen molar-refractivity contribution in [3.05, 3.63) is 34.9 Å². The summed E-state index contributed by atoms with van der Waals surface area (Å²) in [6.45, 7) is 0.366. The highest BCUT2D eigenvalue weighted by Gasteiger charge is 2.23. The number of nitrogens with zero attached hydrogens (tertiary/aromatic N) is 3. The van der Waals surface area contributed by atoms with Crippen LogP contribution in [0.3, 0.4) is 0 Å². The van der Waals surface area contributed by atoms with Crippen molar-refractivity contribution < 1.29 is 8.42 Å². The maximum atomic E-state index is 12.2. The van der Waals surface area contributed by atoms with Crippen molar-refractivity contribution in [1.82, 2.24) is 8.61 Å². The van der Waals surface area contributed by atoms with Crippen molar-refractivity contribution in [1.29, 1.82) is 5.26 Å². The summed E-state index contributed by atoms with van der Waals surface area (Å²) in [6.07, 6.45) is 0.162. The third kappa shape index (κ3) is 4.18. The fraction of sp³-hybridized carbons (Fsp3) is 0.417. The van der Waals surface area contributed by atoms with Crippen LogP contribution in [0.5, 0.6) is 0 Å². The van der Waals surface area contributed by atoms with Crippen LogP contribution in [0.2, 0.25) is 5.02 Å². The number of halogens is 1. The highest BCUT2D eigenvalue weighted by atomic mass is 35.5. The number of hydrogen-bond acceptors (Lipinski definition) is 3. The Balaban J connectivity index is 2.80. The molecule has 104 valence electrons. The Labute approximate surface area is 119 Å². The molecule has 0 atom stereocenters. The summed E-state index contributed by atoms with van der Waals surface area (Å²) < 4.78 is 26.7. The molecule has 0 aromatic heterocycles. The fourth-order valence-corrected chi connectivity index (χ4v) is 2.80. The summed E-state index contributed by atoms with van der Waals surface area (Å²) in [6, 6.07) is 9.02. The van der Waals surface area contributed by atoms with Crippen molar-refractivity contribution >= 4 is 21.8 Å². The molecule has 0 unspecified atom stereocenters. The molecule has 5 nitrogen and oxygen atoms in total. The molecule has 7 heteroatoms. The van der Waals surface area contributed by atoms with E-state index in [1.165, 1.54) is 18.4 Å². The molecule has 0 spiro atoms. The van der Waals surface area contributed by atoms with Crippen LogP contribution in [0.1, 0.15) is 12.0 Å². The lowest BCUT2D eigenvalue weighted by molar-refractivity contribution is 0.392. The number of benzene rings is 1. The van der Waals surface area contributed by atoms with Gasteiger partial charge in [-0.3, -0.25) is 0 Å². The van der Waals surface area contributed by atoms with Crippen LogP contribution < -0.4 is 0 Å². The molecule has 1 aromatic rings. The normalized spacial score (nSPS) is 11.8. The molecule has 19 heavy (non-hydrogen) atoms. The van der Waals surface area contributed by atoms with E-state index in [2.05, 4.69) is 0 Å². The molecule has 0 heterocycles. The molecule has 0 aliphatic heterocycles. The van der Waals surface area contributed by atoms with E-state index >= 15 is 0 Å². The molecule has 1 rings (SSSR count). The van der Waals surface area contributed by atoms with Gasteiger partial charge in [-0.25, -0.2) is 0 Å². The van der Waals surface area contributed by atoms with E-state index in [1.807, 2.05) is 6.07 Å². The molecular formula is C12H16ClN3O2S. The number of hydrogen-bond donors (Lipinski definition) is 0. The van der Waals surface area contributed by atoms with Crippen molar-refractivity contribution in [2.75, 3.05) is 20.6 Å². The van der Waals surface area contributed by atoms with Crippen molar-refractivity contribution in [3.8, 4) is 6.07 Å². The Morgan fingerprint density at radius 1 is 1.26 bits per heavy atom. The van der Waals surface area contributed by atoms with Crippen LogP contribution in [0.15, 0.2) is 24.3 Å². The second-order valence-electron chi connectivity index (χ2n) is 4.08. The Hall–Kier alpha value is -1.13. The quantitative estimate of drug-likeness (QED) is 0.805. The van der Waals surface area contributed by atoms with Gasteiger partial charge in [-0.2, -0.15) is 22.3 Å². The van der Waals surface area contributed by atoms with E-state index in [4.69, 9.17) is 16.9 Å². The summed E-state index contributed by atoms with van der Waals surface area (Å²) in [5, 5.41) is 9.02. The van der Waals surface area contributed by atoms with Crippen molar-refractivity contribution in [2.45, 2.75) is 13.0 Å². The Morgan fingerprint density at radius 2 is 1.89 bits per heavy atom. The minimum absolute atomic E-state index is 0.162. The molecule has 0 amide bonds. The lowest BCUT2D eigenvalue weighted by Crippen LogP contribution is -2.39. The van der Waals surface area contributed by atoms with Gasteiger partial charge in [0.2, 0.25) is 0 Å². The van der Waals surface area contributed by atoms with Gasteiger partial charge in [0.15, 0.2) is 0 Å². The second-order valence-corrected chi connectivity index (χ2v) is 6.63. The Morgan fingerprint density at radius 3 is 2.47 bits per heavy atom. The zero-order valence-electron chi connectivity index (χ0n) is 10.9. The Kier molecular flexibility index (Phi) is 5.76. The molecule has 0 fully saturated rings. The summed E-state index contributed by atoms with van der Waals surface area (Å²) >= 11 is 6.00. The van der Waals surface area contributed by atoms with E-state index in [9.17, 15) is 8.42 Å². The van der Waals surface area contributed by atoms with Gasteiger partial charge in [-0.05, 0) is 11.6 Å². The first-order valence-electron chi connectivity index (χ1n) is 5.67. The average molecular weight is 302 g/mol. The van der Waals surface area contributed by atoms with Crippen LogP contribution in [0.25, 0.3) is 0 Å². The van der Waals surface area contributed by atoms with Crippen LogP contribution >= 0.6 is 11.6 Å². The molecule has 0 saturated carbocycles. The third-order valence-electron chi connectivity index (χ3n) is 2.68. The second kappa shape index (κ2) is 6.87. The largest absolute Gasteiger partial charge is 0.281 e. The van der Waals surface area contributed by atoms with Gasteiger partial charge in [0.25, 0.3) is 10.2 Å². The van der Waals surface area contributed by atoms with Gasteiger partial charge in [0, 0.05) is 38.6 Å². The SMILES string of the molecule is CN(CCC#N)S(=O)(=O)N(C)Cc1ccccc1Cl. The van der Waals surface area contributed by atoms with E-state index in [0.29, 0.717) is 5.02 Å². The minimum Gasteiger partial charge on any atom is -0.198 e. The molecule has 0 N–H and O–H groups in total. The van der Waals surface area contributed by atoms with E-state index < -0.39 is 10.2 Å². The first-order valence-corrected chi connectivity index (χ1v) is 7.45. The highest BCUT2D eigenvalue weighted by molar-refractivity contribution is 7.86. The highest BCUT2D eigenvalue weighted by Crippen LogP contribution is 2.18. The van der Waals surface area contributed by atoms with Gasteiger partial charge in [0.05, 0.1) is 6.07 Å². The molecule has 1 aromatic carbocycles. The summed E-state index contributed by atoms with van der Waals surface area (Å²) in [5.74, 6) is 0. The van der Waals surface area contributed by atoms with E-state index in [0.717, 1.165) is 9.87 Å². The molecule has 0 aliphatic carbocycles. The third-order valence-corrected chi connectivity index (χ3v) is 4.93. The fourth-order valence-electron chi connectivity index (χ4n) is 1.51. The predicted molar refractivity (Wildman–Crippen MR) is 74.7 cm³/mol. The lowest BCUT2D eigenvalue weighted by Gasteiger charge is -2.24. The van der Waals surface area contributed by atoms with E-state index in [-0.39, 0.29) is 19.5 Å². The molecule has 0 radical (unpaired) electrons. The average Bonchev–Trinajstić information content (AvgIpc) is 2.38. The van der Waals surface area contributed by atoms with Crippen LogP contribution in [-0.4, -0.2) is 37.7 Å². The van der Waals surface area contributed by atoms with Crippen LogP contribution in [-0.2, 0) is 16.8 Å². The van der Waals surface area contributed by atoms with Gasteiger partial charge in [-0.1, -0.05) is 29.8 Å². The van der Waals surface area contributed by atoms with Crippen LogP contribution in [0, 0.1) is 11.3 Å². The van der Waals surface area contributed by atoms with Crippen LogP contribution in [0.4, 0.5) is 0 Å². The smallest absolute Gasteiger partial charge is 0.198 e. The maximum Gasteiger partial charge on any atom is 0.281 e.